The van der Waals surface area contributed by atoms with E-state index in [0.717, 1.165) is 16.8 Å². The first-order chi connectivity index (χ1) is 13.3. The topological polar surface area (TPSA) is 50.2 Å². The van der Waals surface area contributed by atoms with Gasteiger partial charge in [0.2, 0.25) is 0 Å². The normalized spacial score (nSPS) is 11.2. The van der Waals surface area contributed by atoms with Crippen molar-refractivity contribution in [2.75, 3.05) is 0 Å². The van der Waals surface area contributed by atoms with E-state index in [2.05, 4.69) is 0 Å². The van der Waals surface area contributed by atoms with Gasteiger partial charge in [-0.1, -0.05) is 70.2 Å². The Kier molecular flexibility index (Phi) is 5.59. The summed E-state index contributed by atoms with van der Waals surface area (Å²) < 4.78 is 13.5. The van der Waals surface area contributed by atoms with E-state index >= 15 is 0 Å². The zero-order valence-corrected chi connectivity index (χ0v) is 16.5. The standard InChI is InChI=1S/C24H24FNO2/c1-14(2)19-20(16-10-12-18(25)13-11-16)21(24(27)28)22(15(3)4)26-23(19)17-8-6-5-7-9-17/h5-15H,1-4H3,(H,27,28). The van der Waals surface area contributed by atoms with Gasteiger partial charge in [-0.25, -0.2) is 9.18 Å². The number of pyridine rings is 1. The molecule has 0 fully saturated rings. The molecule has 0 radical (unpaired) electrons. The molecule has 1 N–H and O–H groups in total. The molecule has 0 aliphatic carbocycles. The number of halogens is 1. The number of carbonyl (C=O) groups is 1. The van der Waals surface area contributed by atoms with Crippen LogP contribution in [0.4, 0.5) is 4.39 Å². The molecule has 28 heavy (non-hydrogen) atoms. The maximum absolute atomic E-state index is 13.5. The quantitative estimate of drug-likeness (QED) is 0.552. The second kappa shape index (κ2) is 7.93. The van der Waals surface area contributed by atoms with E-state index in [1.807, 2.05) is 58.0 Å². The Morgan fingerprint density at radius 2 is 1.50 bits per heavy atom. The lowest BCUT2D eigenvalue weighted by molar-refractivity contribution is 0.0695. The SMILES string of the molecule is CC(C)c1nc(-c2ccccc2)c(C(C)C)c(-c2ccc(F)cc2)c1C(=O)O. The van der Waals surface area contributed by atoms with Crippen molar-refractivity contribution in [2.45, 2.75) is 39.5 Å². The van der Waals surface area contributed by atoms with Crippen LogP contribution < -0.4 is 0 Å². The molecule has 0 saturated heterocycles. The number of nitrogens with zero attached hydrogens (tertiary/aromatic N) is 1. The number of hydrogen-bond acceptors (Lipinski definition) is 2. The molecule has 3 rings (SSSR count). The lowest BCUT2D eigenvalue weighted by atomic mass is 9.83. The number of carboxylic acid groups (broad SMARTS) is 1. The molecule has 3 aromatic rings. The molecule has 0 spiro atoms. The number of carboxylic acids is 1. The van der Waals surface area contributed by atoms with Crippen LogP contribution in [0.15, 0.2) is 54.6 Å². The van der Waals surface area contributed by atoms with Crippen LogP contribution >= 0.6 is 0 Å². The smallest absolute Gasteiger partial charge is 0.338 e. The van der Waals surface area contributed by atoms with E-state index in [1.165, 1.54) is 12.1 Å². The van der Waals surface area contributed by atoms with E-state index in [-0.39, 0.29) is 23.2 Å². The van der Waals surface area contributed by atoms with Gasteiger partial charge in [0, 0.05) is 11.1 Å². The highest BCUT2D eigenvalue weighted by atomic mass is 19.1. The zero-order valence-electron chi connectivity index (χ0n) is 16.5. The van der Waals surface area contributed by atoms with E-state index in [4.69, 9.17) is 4.98 Å². The summed E-state index contributed by atoms with van der Waals surface area (Å²) in [6, 6.07) is 15.8. The maximum atomic E-state index is 13.5. The van der Waals surface area contributed by atoms with Crippen LogP contribution in [-0.2, 0) is 0 Å². The fourth-order valence-electron chi connectivity index (χ4n) is 3.55. The van der Waals surface area contributed by atoms with Gasteiger partial charge in [-0.15, -0.1) is 0 Å². The summed E-state index contributed by atoms with van der Waals surface area (Å²) in [7, 11) is 0. The highest BCUT2D eigenvalue weighted by Crippen LogP contribution is 2.41. The molecule has 0 atom stereocenters. The van der Waals surface area contributed by atoms with E-state index in [0.29, 0.717) is 16.8 Å². The van der Waals surface area contributed by atoms with E-state index in [9.17, 15) is 14.3 Å². The molecule has 3 nitrogen and oxygen atoms in total. The zero-order chi connectivity index (χ0) is 20.4. The summed E-state index contributed by atoms with van der Waals surface area (Å²) in [5.41, 5.74) is 4.63. The van der Waals surface area contributed by atoms with Crippen LogP contribution in [0.3, 0.4) is 0 Å². The van der Waals surface area contributed by atoms with Gasteiger partial charge in [-0.3, -0.25) is 4.98 Å². The summed E-state index contributed by atoms with van der Waals surface area (Å²) in [5, 5.41) is 10.1. The summed E-state index contributed by atoms with van der Waals surface area (Å²) >= 11 is 0. The van der Waals surface area contributed by atoms with Crippen molar-refractivity contribution in [1.29, 1.82) is 0 Å². The first-order valence-corrected chi connectivity index (χ1v) is 9.43. The second-order valence-electron chi connectivity index (χ2n) is 7.50. The van der Waals surface area contributed by atoms with Crippen LogP contribution in [0.2, 0.25) is 0 Å². The lowest BCUT2D eigenvalue weighted by Gasteiger charge is -2.23. The Morgan fingerprint density at radius 3 is 2.00 bits per heavy atom. The van der Waals surface area contributed by atoms with E-state index in [1.54, 1.807) is 12.1 Å². The molecule has 0 unspecified atom stereocenters. The van der Waals surface area contributed by atoms with Crippen molar-refractivity contribution in [3.63, 3.8) is 0 Å². The van der Waals surface area contributed by atoms with Gasteiger partial charge in [-0.05, 0) is 35.1 Å². The Hall–Kier alpha value is -3.01. The minimum Gasteiger partial charge on any atom is -0.478 e. The monoisotopic (exact) mass is 377 g/mol. The van der Waals surface area contributed by atoms with E-state index < -0.39 is 5.97 Å². The Balaban J connectivity index is 2.50. The van der Waals surface area contributed by atoms with Crippen molar-refractivity contribution in [3.8, 4) is 22.4 Å². The molecule has 0 bridgehead atoms. The van der Waals surface area contributed by atoms with Crippen molar-refractivity contribution < 1.29 is 14.3 Å². The summed E-state index contributed by atoms with van der Waals surface area (Å²) in [6.45, 7) is 7.92. The third-order valence-electron chi connectivity index (χ3n) is 4.78. The van der Waals surface area contributed by atoms with Gasteiger partial charge in [0.05, 0.1) is 17.0 Å². The largest absolute Gasteiger partial charge is 0.478 e. The summed E-state index contributed by atoms with van der Waals surface area (Å²) in [5.74, 6) is -1.42. The molecule has 1 aromatic heterocycles. The number of aromatic carboxylic acids is 1. The number of rotatable bonds is 5. The van der Waals surface area contributed by atoms with Crippen molar-refractivity contribution in [2.24, 2.45) is 0 Å². The average molecular weight is 377 g/mol. The molecule has 0 aliphatic heterocycles. The molecule has 0 amide bonds. The van der Waals surface area contributed by atoms with Gasteiger partial charge < -0.3 is 5.11 Å². The van der Waals surface area contributed by atoms with Crippen molar-refractivity contribution >= 4 is 5.97 Å². The fraction of sp³-hybridized carbons (Fsp3) is 0.250. The molecular formula is C24H24FNO2. The minimum atomic E-state index is -1.02. The Bertz CT molecular complexity index is 993. The number of hydrogen-bond donors (Lipinski definition) is 1. The van der Waals surface area contributed by atoms with Gasteiger partial charge in [-0.2, -0.15) is 0 Å². The van der Waals surface area contributed by atoms with Gasteiger partial charge in [0.1, 0.15) is 5.82 Å². The number of benzene rings is 2. The minimum absolute atomic E-state index is 0.0297. The van der Waals surface area contributed by atoms with Crippen molar-refractivity contribution in [1.82, 2.24) is 4.98 Å². The third-order valence-corrected chi connectivity index (χ3v) is 4.78. The molecule has 0 saturated carbocycles. The fourth-order valence-corrected chi connectivity index (χ4v) is 3.55. The summed E-state index contributed by atoms with van der Waals surface area (Å²) in [4.78, 5) is 17.1. The van der Waals surface area contributed by atoms with Crippen molar-refractivity contribution in [3.05, 3.63) is 77.2 Å². The molecule has 2 aromatic carbocycles. The third kappa shape index (κ3) is 3.68. The van der Waals surface area contributed by atoms with Gasteiger partial charge in [0.25, 0.3) is 0 Å². The molecule has 0 aliphatic rings. The van der Waals surface area contributed by atoms with Gasteiger partial charge >= 0.3 is 5.97 Å². The summed E-state index contributed by atoms with van der Waals surface area (Å²) in [6.07, 6.45) is 0. The number of aromatic nitrogens is 1. The average Bonchev–Trinajstić information content (AvgIpc) is 2.67. The lowest BCUT2D eigenvalue weighted by Crippen LogP contribution is -2.14. The van der Waals surface area contributed by atoms with Gasteiger partial charge in [0.15, 0.2) is 0 Å². The first-order valence-electron chi connectivity index (χ1n) is 9.43. The Morgan fingerprint density at radius 1 is 0.893 bits per heavy atom. The highest BCUT2D eigenvalue weighted by Gasteiger charge is 2.28. The van der Waals surface area contributed by atoms with Crippen LogP contribution in [-0.4, -0.2) is 16.1 Å². The van der Waals surface area contributed by atoms with Crippen LogP contribution in [0, 0.1) is 5.82 Å². The Labute approximate surface area is 164 Å². The molecular weight excluding hydrogens is 353 g/mol. The van der Waals surface area contributed by atoms with Crippen LogP contribution in [0.1, 0.15) is 61.1 Å². The predicted octanol–water partition coefficient (Wildman–Crippen LogP) is 6.50. The first kappa shape index (κ1) is 19.7. The highest BCUT2D eigenvalue weighted by molar-refractivity contribution is 6.00. The van der Waals surface area contributed by atoms with Crippen LogP contribution in [0.5, 0.6) is 0 Å². The maximum Gasteiger partial charge on any atom is 0.338 e. The molecule has 1 heterocycles. The molecule has 4 heteroatoms. The van der Waals surface area contributed by atoms with Crippen LogP contribution in [0.25, 0.3) is 22.4 Å². The predicted molar refractivity (Wildman–Crippen MR) is 110 cm³/mol. The molecule has 144 valence electrons. The second-order valence-corrected chi connectivity index (χ2v) is 7.50.